The maximum Gasteiger partial charge on any atom is 0.148 e. The molecule has 0 aromatic carbocycles. The lowest BCUT2D eigenvalue weighted by Gasteiger charge is -2.24. The van der Waals surface area contributed by atoms with Crippen LogP contribution in [0.4, 0.5) is 11.6 Å². The van der Waals surface area contributed by atoms with Crippen LogP contribution in [-0.4, -0.2) is 34.8 Å². The summed E-state index contributed by atoms with van der Waals surface area (Å²) in [6, 6.07) is 0. The van der Waals surface area contributed by atoms with Crippen LogP contribution in [0.15, 0.2) is 0 Å². The Morgan fingerprint density at radius 2 is 2.06 bits per heavy atom. The van der Waals surface area contributed by atoms with E-state index in [0.717, 1.165) is 30.2 Å². The fraction of sp³-hybridized carbons (Fsp3) is 0.636. The van der Waals surface area contributed by atoms with Gasteiger partial charge in [-0.25, -0.2) is 15.8 Å². The zero-order valence-electron chi connectivity index (χ0n) is 10.7. The lowest BCUT2D eigenvalue weighted by molar-refractivity contribution is 0.302. The Balaban J connectivity index is 3.19. The Labute approximate surface area is 102 Å². The lowest BCUT2D eigenvalue weighted by atomic mass is 10.2. The molecule has 6 heteroatoms. The summed E-state index contributed by atoms with van der Waals surface area (Å²) in [6.07, 6.45) is 0.749. The molecule has 0 amide bonds. The van der Waals surface area contributed by atoms with E-state index in [1.54, 1.807) is 0 Å². The molecular weight excluding hydrogens is 218 g/mol. The smallest absolute Gasteiger partial charge is 0.148 e. The number of nitrogen functional groups attached to an aromatic ring is 1. The number of hydrogen-bond donors (Lipinski definition) is 3. The second-order valence-electron chi connectivity index (χ2n) is 3.74. The van der Waals surface area contributed by atoms with Crippen LogP contribution in [0.25, 0.3) is 0 Å². The number of rotatable bonds is 6. The van der Waals surface area contributed by atoms with Gasteiger partial charge in [0.15, 0.2) is 0 Å². The van der Waals surface area contributed by atoms with Crippen molar-refractivity contribution in [1.29, 1.82) is 0 Å². The molecule has 0 saturated carbocycles. The van der Waals surface area contributed by atoms with Gasteiger partial charge in [-0.05, 0) is 13.8 Å². The molecule has 96 valence electrons. The highest BCUT2D eigenvalue weighted by molar-refractivity contribution is 5.58. The number of aromatic nitrogens is 2. The highest BCUT2D eigenvalue weighted by Gasteiger charge is 2.14. The van der Waals surface area contributed by atoms with Gasteiger partial charge < -0.3 is 15.4 Å². The lowest BCUT2D eigenvalue weighted by Crippen LogP contribution is -2.29. The number of aryl methyl sites for hydroxylation is 1. The van der Waals surface area contributed by atoms with Crippen LogP contribution in [-0.2, 0) is 6.42 Å². The van der Waals surface area contributed by atoms with Crippen LogP contribution in [0, 0.1) is 6.92 Å². The molecule has 0 bridgehead atoms. The molecule has 6 nitrogen and oxygen atoms in total. The maximum absolute atomic E-state index is 9.05. The average molecular weight is 239 g/mol. The van der Waals surface area contributed by atoms with Crippen LogP contribution >= 0.6 is 0 Å². The molecule has 1 aromatic heterocycles. The quantitative estimate of drug-likeness (QED) is 0.493. The van der Waals surface area contributed by atoms with Crippen LogP contribution < -0.4 is 16.2 Å². The number of nitrogens with one attached hydrogen (secondary N) is 1. The third kappa shape index (κ3) is 3.04. The van der Waals surface area contributed by atoms with E-state index in [1.807, 2.05) is 25.7 Å². The molecule has 1 rings (SSSR count). The third-order valence-corrected chi connectivity index (χ3v) is 2.67. The van der Waals surface area contributed by atoms with E-state index < -0.39 is 0 Å². The first-order chi connectivity index (χ1) is 8.17. The standard InChI is InChI=1S/C11H21N5O/c1-4-9-13-10(15-12)8(3)11(14-9)16(5-2)6-7-17/h17H,4-7,12H2,1-3H3,(H,13,14,15). The average Bonchev–Trinajstić information content (AvgIpc) is 2.36. The van der Waals surface area contributed by atoms with Crippen LogP contribution in [0.3, 0.4) is 0 Å². The molecule has 0 aliphatic rings. The predicted octanol–water partition coefficient (Wildman–Crippen LogP) is 0.452. The highest BCUT2D eigenvalue weighted by atomic mass is 16.3. The summed E-state index contributed by atoms with van der Waals surface area (Å²) in [5.41, 5.74) is 3.49. The minimum atomic E-state index is 0.101. The number of anilines is 2. The minimum absolute atomic E-state index is 0.101. The van der Waals surface area contributed by atoms with E-state index in [2.05, 4.69) is 15.4 Å². The summed E-state index contributed by atoms with van der Waals surface area (Å²) >= 11 is 0. The van der Waals surface area contributed by atoms with Crippen LogP contribution in [0.2, 0.25) is 0 Å². The van der Waals surface area contributed by atoms with E-state index in [4.69, 9.17) is 10.9 Å². The number of hydrazine groups is 1. The topological polar surface area (TPSA) is 87.3 Å². The van der Waals surface area contributed by atoms with Gasteiger partial charge in [-0.3, -0.25) is 0 Å². The zero-order valence-corrected chi connectivity index (χ0v) is 10.7. The molecule has 1 heterocycles. The number of likely N-dealkylation sites (N-methyl/N-ethyl adjacent to an activating group) is 1. The van der Waals surface area contributed by atoms with Crippen molar-refractivity contribution < 1.29 is 5.11 Å². The SMILES string of the molecule is CCc1nc(NN)c(C)c(N(CC)CCO)n1. The Hall–Kier alpha value is -1.40. The number of aliphatic hydroxyl groups is 1. The molecule has 0 unspecified atom stereocenters. The summed E-state index contributed by atoms with van der Waals surface area (Å²) in [6.45, 7) is 7.39. The Morgan fingerprint density at radius 1 is 1.35 bits per heavy atom. The van der Waals surface area contributed by atoms with E-state index >= 15 is 0 Å². The van der Waals surface area contributed by atoms with Gasteiger partial charge in [-0.15, -0.1) is 0 Å². The molecule has 17 heavy (non-hydrogen) atoms. The molecule has 0 atom stereocenters. The van der Waals surface area contributed by atoms with Gasteiger partial charge in [0.25, 0.3) is 0 Å². The Kier molecular flexibility index (Phi) is 5.11. The molecule has 0 aliphatic heterocycles. The first-order valence-corrected chi connectivity index (χ1v) is 5.87. The van der Waals surface area contributed by atoms with Gasteiger partial charge in [0.05, 0.1) is 6.61 Å². The fourth-order valence-corrected chi connectivity index (χ4v) is 1.69. The summed E-state index contributed by atoms with van der Waals surface area (Å²) in [4.78, 5) is 10.8. The minimum Gasteiger partial charge on any atom is -0.395 e. The van der Waals surface area contributed by atoms with Crippen molar-refractivity contribution in [3.63, 3.8) is 0 Å². The second-order valence-corrected chi connectivity index (χ2v) is 3.74. The van der Waals surface area contributed by atoms with E-state index in [0.29, 0.717) is 12.4 Å². The van der Waals surface area contributed by atoms with Crippen LogP contribution in [0.1, 0.15) is 25.2 Å². The van der Waals surface area contributed by atoms with Crippen molar-refractivity contribution >= 4 is 11.6 Å². The van der Waals surface area contributed by atoms with Gasteiger partial charge in [0, 0.05) is 25.1 Å². The van der Waals surface area contributed by atoms with Gasteiger partial charge in [0.2, 0.25) is 0 Å². The molecule has 0 spiro atoms. The number of nitrogens with two attached hydrogens (primary N) is 1. The molecule has 0 saturated heterocycles. The third-order valence-electron chi connectivity index (χ3n) is 2.67. The van der Waals surface area contributed by atoms with E-state index in [9.17, 15) is 0 Å². The van der Waals surface area contributed by atoms with Crippen molar-refractivity contribution in [1.82, 2.24) is 9.97 Å². The predicted molar refractivity (Wildman–Crippen MR) is 68.9 cm³/mol. The van der Waals surface area contributed by atoms with Crippen molar-refractivity contribution in [2.24, 2.45) is 5.84 Å². The van der Waals surface area contributed by atoms with Gasteiger partial charge in [-0.2, -0.15) is 0 Å². The largest absolute Gasteiger partial charge is 0.395 e. The van der Waals surface area contributed by atoms with Crippen molar-refractivity contribution in [2.75, 3.05) is 30.0 Å². The zero-order chi connectivity index (χ0) is 12.8. The summed E-state index contributed by atoms with van der Waals surface area (Å²) in [5.74, 6) is 7.67. The number of nitrogens with zero attached hydrogens (tertiary/aromatic N) is 3. The molecule has 0 aliphatic carbocycles. The normalized spacial score (nSPS) is 10.4. The monoisotopic (exact) mass is 239 g/mol. The Bertz CT molecular complexity index is 369. The summed E-state index contributed by atoms with van der Waals surface area (Å²) in [5, 5.41) is 9.05. The molecule has 0 fully saturated rings. The Morgan fingerprint density at radius 3 is 2.53 bits per heavy atom. The molecule has 4 N–H and O–H groups in total. The maximum atomic E-state index is 9.05. The molecule has 1 aromatic rings. The molecule has 0 radical (unpaired) electrons. The van der Waals surface area contributed by atoms with E-state index in [1.165, 1.54) is 0 Å². The van der Waals surface area contributed by atoms with Gasteiger partial charge in [-0.1, -0.05) is 6.92 Å². The first kappa shape index (κ1) is 13.7. The van der Waals surface area contributed by atoms with Crippen LogP contribution in [0.5, 0.6) is 0 Å². The van der Waals surface area contributed by atoms with E-state index in [-0.39, 0.29) is 6.61 Å². The van der Waals surface area contributed by atoms with Crippen molar-refractivity contribution in [3.05, 3.63) is 11.4 Å². The van der Waals surface area contributed by atoms with Gasteiger partial charge >= 0.3 is 0 Å². The number of hydrogen-bond acceptors (Lipinski definition) is 6. The second kappa shape index (κ2) is 6.36. The van der Waals surface area contributed by atoms with Crippen molar-refractivity contribution in [3.8, 4) is 0 Å². The summed E-state index contributed by atoms with van der Waals surface area (Å²) in [7, 11) is 0. The highest BCUT2D eigenvalue weighted by Crippen LogP contribution is 2.22. The van der Waals surface area contributed by atoms with Crippen molar-refractivity contribution in [2.45, 2.75) is 27.2 Å². The first-order valence-electron chi connectivity index (χ1n) is 5.87. The summed E-state index contributed by atoms with van der Waals surface area (Å²) < 4.78 is 0. The fourth-order valence-electron chi connectivity index (χ4n) is 1.69. The molecular formula is C11H21N5O. The number of aliphatic hydroxyl groups excluding tert-OH is 1. The van der Waals surface area contributed by atoms with Gasteiger partial charge in [0.1, 0.15) is 17.5 Å².